The minimum absolute atomic E-state index is 0. The fraction of sp³-hybridized carbons (Fsp3) is 0.950. The number of halogens is 4. The summed E-state index contributed by atoms with van der Waals surface area (Å²) in [6.07, 6.45) is 1.85. The van der Waals surface area contributed by atoms with E-state index in [4.69, 9.17) is 9.47 Å². The third-order valence-corrected chi connectivity index (χ3v) is 5.34. The number of nitrogens with one attached hydrogen (secondary N) is 2. The smallest absolute Gasteiger partial charge is 0.379 e. The summed E-state index contributed by atoms with van der Waals surface area (Å²) in [6.45, 7) is 6.77. The molecule has 1 atom stereocenters. The van der Waals surface area contributed by atoms with Gasteiger partial charge in [0.15, 0.2) is 5.96 Å². The first-order valence-electron chi connectivity index (χ1n) is 11.0. The summed E-state index contributed by atoms with van der Waals surface area (Å²) in [5.74, 6) is 1.27. The highest BCUT2D eigenvalue weighted by Crippen LogP contribution is 2.23. The molecule has 2 fully saturated rings. The third-order valence-electron chi connectivity index (χ3n) is 5.34. The second-order valence-electron chi connectivity index (χ2n) is 7.87. The van der Waals surface area contributed by atoms with E-state index in [1.165, 1.54) is 4.90 Å². The Morgan fingerprint density at radius 2 is 1.97 bits per heavy atom. The minimum atomic E-state index is -4.10. The summed E-state index contributed by atoms with van der Waals surface area (Å²) < 4.78 is 48.5. The van der Waals surface area contributed by atoms with Crippen LogP contribution in [-0.4, -0.2) is 82.2 Å². The van der Waals surface area contributed by atoms with Crippen molar-refractivity contribution < 1.29 is 22.6 Å². The molecule has 0 aromatic rings. The Labute approximate surface area is 195 Å². The van der Waals surface area contributed by atoms with E-state index >= 15 is 0 Å². The molecule has 10 heteroatoms. The SMILES string of the molecule is CCNC(=NCCCOCC1CCCO1)NCCC1CCN(CC(F)(F)F)CC1.I. The van der Waals surface area contributed by atoms with Gasteiger partial charge in [0.1, 0.15) is 0 Å². The van der Waals surface area contributed by atoms with E-state index in [0.717, 1.165) is 64.2 Å². The minimum Gasteiger partial charge on any atom is -0.379 e. The van der Waals surface area contributed by atoms with Gasteiger partial charge in [-0.3, -0.25) is 9.89 Å². The zero-order chi connectivity index (χ0) is 21.0. The standard InChI is InChI=1S/C20H37F3N4O2.HI/c1-2-24-19(25-9-4-13-28-15-18-5-3-14-29-18)26-10-6-17-7-11-27(12-8-17)16-20(21,22)23;/h17-18H,2-16H2,1H3,(H2,24,25,26);1H. The molecule has 2 rings (SSSR count). The molecule has 2 aliphatic heterocycles. The average molecular weight is 550 g/mol. The first-order chi connectivity index (χ1) is 14.0. The van der Waals surface area contributed by atoms with E-state index in [1.807, 2.05) is 6.92 Å². The molecule has 0 amide bonds. The molecule has 0 aliphatic carbocycles. The van der Waals surface area contributed by atoms with Gasteiger partial charge in [0.25, 0.3) is 0 Å². The van der Waals surface area contributed by atoms with Crippen molar-refractivity contribution in [3.05, 3.63) is 0 Å². The normalized spacial score (nSPS) is 21.5. The predicted molar refractivity (Wildman–Crippen MR) is 124 cm³/mol. The summed E-state index contributed by atoms with van der Waals surface area (Å²) in [5, 5.41) is 6.57. The van der Waals surface area contributed by atoms with Crippen molar-refractivity contribution in [2.75, 3.05) is 59.1 Å². The van der Waals surface area contributed by atoms with Gasteiger partial charge in [0.05, 0.1) is 19.3 Å². The summed E-state index contributed by atoms with van der Waals surface area (Å²) in [5.41, 5.74) is 0. The molecule has 2 aliphatic rings. The molecule has 0 aromatic heterocycles. The zero-order valence-electron chi connectivity index (χ0n) is 18.0. The van der Waals surface area contributed by atoms with Crippen molar-refractivity contribution >= 4 is 29.9 Å². The van der Waals surface area contributed by atoms with Crippen LogP contribution in [0.2, 0.25) is 0 Å². The second-order valence-corrected chi connectivity index (χ2v) is 7.87. The highest BCUT2D eigenvalue weighted by Gasteiger charge is 2.32. The van der Waals surface area contributed by atoms with Crippen molar-refractivity contribution in [1.29, 1.82) is 0 Å². The lowest BCUT2D eigenvalue weighted by molar-refractivity contribution is -0.148. The lowest BCUT2D eigenvalue weighted by atomic mass is 9.93. The van der Waals surface area contributed by atoms with E-state index < -0.39 is 12.7 Å². The highest BCUT2D eigenvalue weighted by atomic mass is 127. The molecule has 0 spiro atoms. The Balaban J connectivity index is 0.00000450. The maximum atomic E-state index is 12.5. The van der Waals surface area contributed by atoms with E-state index in [2.05, 4.69) is 15.6 Å². The van der Waals surface area contributed by atoms with Crippen LogP contribution in [-0.2, 0) is 9.47 Å². The molecule has 2 saturated heterocycles. The Morgan fingerprint density at radius 1 is 1.20 bits per heavy atom. The van der Waals surface area contributed by atoms with Gasteiger partial charge in [-0.05, 0) is 64.5 Å². The van der Waals surface area contributed by atoms with Gasteiger partial charge in [0.2, 0.25) is 0 Å². The van der Waals surface area contributed by atoms with Crippen LogP contribution in [0.15, 0.2) is 4.99 Å². The van der Waals surface area contributed by atoms with Gasteiger partial charge < -0.3 is 20.1 Å². The lowest BCUT2D eigenvalue weighted by Crippen LogP contribution is -2.41. The van der Waals surface area contributed by atoms with Gasteiger partial charge in [-0.25, -0.2) is 0 Å². The Bertz CT molecular complexity index is 469. The number of rotatable bonds is 11. The monoisotopic (exact) mass is 550 g/mol. The maximum absolute atomic E-state index is 12.5. The molecule has 0 radical (unpaired) electrons. The Hall–Kier alpha value is -0.330. The first kappa shape index (κ1) is 27.7. The van der Waals surface area contributed by atoms with Crippen LogP contribution >= 0.6 is 24.0 Å². The summed E-state index contributed by atoms with van der Waals surface area (Å²) in [4.78, 5) is 6.08. The molecule has 0 aromatic carbocycles. The topological polar surface area (TPSA) is 58.1 Å². The van der Waals surface area contributed by atoms with Gasteiger partial charge in [-0.2, -0.15) is 13.2 Å². The molecule has 0 saturated carbocycles. The van der Waals surface area contributed by atoms with Crippen LogP contribution < -0.4 is 10.6 Å². The number of hydrogen-bond donors (Lipinski definition) is 2. The van der Waals surface area contributed by atoms with Crippen molar-refractivity contribution in [1.82, 2.24) is 15.5 Å². The van der Waals surface area contributed by atoms with Gasteiger partial charge in [-0.1, -0.05) is 0 Å². The molecule has 2 N–H and O–H groups in total. The largest absolute Gasteiger partial charge is 0.401 e. The second kappa shape index (κ2) is 15.5. The fourth-order valence-corrected chi connectivity index (χ4v) is 3.77. The van der Waals surface area contributed by atoms with Crippen LogP contribution in [0.3, 0.4) is 0 Å². The fourth-order valence-electron chi connectivity index (χ4n) is 3.77. The van der Waals surface area contributed by atoms with E-state index in [-0.39, 0.29) is 30.1 Å². The van der Waals surface area contributed by atoms with Gasteiger partial charge in [0, 0.05) is 32.8 Å². The number of aliphatic imine (C=N–C) groups is 1. The highest BCUT2D eigenvalue weighted by molar-refractivity contribution is 14.0. The van der Waals surface area contributed by atoms with Crippen LogP contribution in [0, 0.1) is 5.92 Å². The number of nitrogens with zero attached hydrogens (tertiary/aromatic N) is 2. The Kier molecular flexibility index (Phi) is 14.3. The average Bonchev–Trinajstić information content (AvgIpc) is 3.18. The first-order valence-corrected chi connectivity index (χ1v) is 11.0. The number of piperidine rings is 1. The molecule has 0 bridgehead atoms. The Morgan fingerprint density at radius 3 is 2.60 bits per heavy atom. The van der Waals surface area contributed by atoms with Crippen molar-refractivity contribution in [2.24, 2.45) is 10.9 Å². The molecule has 30 heavy (non-hydrogen) atoms. The van der Waals surface area contributed by atoms with E-state index in [1.54, 1.807) is 0 Å². The molecule has 2 heterocycles. The quantitative estimate of drug-likeness (QED) is 0.179. The number of ether oxygens (including phenoxy) is 2. The number of hydrogen-bond acceptors (Lipinski definition) is 4. The molecular formula is C20H38F3IN4O2. The summed E-state index contributed by atoms with van der Waals surface area (Å²) in [6, 6.07) is 0. The molecular weight excluding hydrogens is 512 g/mol. The van der Waals surface area contributed by atoms with E-state index in [9.17, 15) is 13.2 Å². The van der Waals surface area contributed by atoms with E-state index in [0.29, 0.717) is 38.8 Å². The molecule has 6 nitrogen and oxygen atoms in total. The van der Waals surface area contributed by atoms with Gasteiger partial charge in [-0.15, -0.1) is 24.0 Å². The zero-order valence-corrected chi connectivity index (χ0v) is 20.3. The van der Waals surface area contributed by atoms with Crippen molar-refractivity contribution in [3.63, 3.8) is 0 Å². The summed E-state index contributed by atoms with van der Waals surface area (Å²) >= 11 is 0. The maximum Gasteiger partial charge on any atom is 0.401 e. The van der Waals surface area contributed by atoms with Crippen LogP contribution in [0.1, 0.15) is 45.4 Å². The van der Waals surface area contributed by atoms with Crippen molar-refractivity contribution in [3.8, 4) is 0 Å². The molecule has 1 unspecified atom stereocenters. The predicted octanol–water partition coefficient (Wildman–Crippen LogP) is 3.41. The summed E-state index contributed by atoms with van der Waals surface area (Å²) in [7, 11) is 0. The third kappa shape index (κ3) is 12.5. The number of alkyl halides is 3. The van der Waals surface area contributed by atoms with Gasteiger partial charge >= 0.3 is 6.18 Å². The van der Waals surface area contributed by atoms with Crippen LogP contribution in [0.25, 0.3) is 0 Å². The number of likely N-dealkylation sites (tertiary alicyclic amines) is 1. The van der Waals surface area contributed by atoms with Crippen LogP contribution in [0.4, 0.5) is 13.2 Å². The molecule has 178 valence electrons. The number of guanidine groups is 1. The van der Waals surface area contributed by atoms with Crippen molar-refractivity contribution in [2.45, 2.75) is 57.7 Å². The van der Waals surface area contributed by atoms with Crippen LogP contribution in [0.5, 0.6) is 0 Å². The lowest BCUT2D eigenvalue weighted by Gasteiger charge is -2.32.